The number of para-hydroxylation sites is 1. The Morgan fingerprint density at radius 3 is 2.78 bits per heavy atom. The van der Waals surface area contributed by atoms with E-state index < -0.39 is 4.92 Å². The zero-order valence-corrected chi connectivity index (χ0v) is 10.3. The van der Waals surface area contributed by atoms with Gasteiger partial charge in [0.05, 0.1) is 15.5 Å². The second kappa shape index (κ2) is 3.71. The minimum atomic E-state index is -0.400. The van der Waals surface area contributed by atoms with Crippen LogP contribution in [0.15, 0.2) is 30.3 Å². The van der Waals surface area contributed by atoms with Crippen molar-refractivity contribution in [3.8, 4) is 0 Å². The molecule has 1 heterocycles. The number of nitro groups is 1. The van der Waals surface area contributed by atoms with E-state index in [1.165, 1.54) is 6.07 Å². The van der Waals surface area contributed by atoms with Crippen LogP contribution in [0.2, 0.25) is 5.02 Å². The van der Waals surface area contributed by atoms with Crippen LogP contribution < -0.4 is 0 Å². The number of aryl methyl sites for hydroxylation is 1. The lowest BCUT2D eigenvalue weighted by Crippen LogP contribution is -1.92. The van der Waals surface area contributed by atoms with Crippen molar-refractivity contribution in [2.24, 2.45) is 0 Å². The van der Waals surface area contributed by atoms with Crippen LogP contribution >= 0.6 is 11.6 Å². The van der Waals surface area contributed by atoms with Gasteiger partial charge in [-0.1, -0.05) is 29.8 Å². The Morgan fingerprint density at radius 2 is 2.06 bits per heavy atom. The molecule has 90 valence electrons. The summed E-state index contributed by atoms with van der Waals surface area (Å²) in [5.41, 5.74) is 2.37. The highest BCUT2D eigenvalue weighted by Gasteiger charge is 2.19. The molecule has 0 spiro atoms. The first-order chi connectivity index (χ1) is 8.59. The van der Waals surface area contributed by atoms with E-state index in [1.54, 1.807) is 6.92 Å². The van der Waals surface area contributed by atoms with E-state index in [1.807, 2.05) is 24.3 Å². The zero-order chi connectivity index (χ0) is 12.9. The third-order valence-electron chi connectivity index (χ3n) is 3.16. The molecule has 0 bridgehead atoms. The molecule has 0 aliphatic rings. The van der Waals surface area contributed by atoms with Gasteiger partial charge in [-0.15, -0.1) is 0 Å². The fraction of sp³-hybridized carbons (Fsp3) is 0.0769. The molecule has 1 N–H and O–H groups in total. The van der Waals surface area contributed by atoms with Crippen molar-refractivity contribution in [1.82, 2.24) is 4.98 Å². The minimum Gasteiger partial charge on any atom is -0.353 e. The Morgan fingerprint density at radius 1 is 1.33 bits per heavy atom. The number of aromatic amines is 1. The molecule has 0 aliphatic heterocycles. The van der Waals surface area contributed by atoms with Crippen molar-refractivity contribution < 1.29 is 4.92 Å². The van der Waals surface area contributed by atoms with Crippen LogP contribution in [0.4, 0.5) is 5.69 Å². The van der Waals surface area contributed by atoms with Gasteiger partial charge in [0.15, 0.2) is 0 Å². The third-order valence-corrected chi connectivity index (χ3v) is 3.46. The number of nitrogens with zero attached hydrogens (tertiary/aromatic N) is 1. The summed E-state index contributed by atoms with van der Waals surface area (Å²) in [5.74, 6) is 0. The van der Waals surface area contributed by atoms with E-state index in [9.17, 15) is 10.1 Å². The molecule has 1 aromatic heterocycles. The molecule has 3 rings (SSSR count). The van der Waals surface area contributed by atoms with E-state index in [0.29, 0.717) is 10.6 Å². The summed E-state index contributed by atoms with van der Waals surface area (Å²) in [6, 6.07) is 9.07. The molecular formula is C13H9ClN2O2. The third kappa shape index (κ3) is 1.39. The fourth-order valence-corrected chi connectivity index (χ4v) is 2.57. The average Bonchev–Trinajstić information content (AvgIpc) is 2.73. The lowest BCUT2D eigenvalue weighted by molar-refractivity contribution is -0.385. The van der Waals surface area contributed by atoms with Gasteiger partial charge in [-0.25, -0.2) is 0 Å². The van der Waals surface area contributed by atoms with Gasteiger partial charge in [-0.2, -0.15) is 0 Å². The van der Waals surface area contributed by atoms with Crippen molar-refractivity contribution in [2.45, 2.75) is 6.92 Å². The molecule has 0 saturated carbocycles. The first-order valence-corrected chi connectivity index (χ1v) is 5.81. The van der Waals surface area contributed by atoms with E-state index in [4.69, 9.17) is 11.6 Å². The lowest BCUT2D eigenvalue weighted by Gasteiger charge is -2.01. The number of hydrogen-bond acceptors (Lipinski definition) is 2. The summed E-state index contributed by atoms with van der Waals surface area (Å²) in [5, 5.41) is 13.2. The predicted octanol–water partition coefficient (Wildman–Crippen LogP) is 4.19. The quantitative estimate of drug-likeness (QED) is 0.527. The van der Waals surface area contributed by atoms with Crippen LogP contribution in [0.3, 0.4) is 0 Å². The summed E-state index contributed by atoms with van der Waals surface area (Å²) >= 11 is 6.11. The van der Waals surface area contributed by atoms with E-state index in [2.05, 4.69) is 4.98 Å². The van der Waals surface area contributed by atoms with E-state index >= 15 is 0 Å². The van der Waals surface area contributed by atoms with Crippen LogP contribution in [0, 0.1) is 17.0 Å². The molecule has 0 atom stereocenters. The largest absolute Gasteiger partial charge is 0.353 e. The van der Waals surface area contributed by atoms with Gasteiger partial charge >= 0.3 is 0 Å². The van der Waals surface area contributed by atoms with Crippen LogP contribution in [0.25, 0.3) is 21.8 Å². The highest BCUT2D eigenvalue weighted by molar-refractivity contribution is 6.37. The van der Waals surface area contributed by atoms with Crippen molar-refractivity contribution in [1.29, 1.82) is 0 Å². The number of benzene rings is 2. The summed E-state index contributed by atoms with van der Waals surface area (Å²) in [6.45, 7) is 1.75. The number of fused-ring (bicyclic) bond motifs is 3. The molecule has 18 heavy (non-hydrogen) atoms. The van der Waals surface area contributed by atoms with E-state index in [-0.39, 0.29) is 5.69 Å². The second-order valence-electron chi connectivity index (χ2n) is 4.18. The summed E-state index contributed by atoms with van der Waals surface area (Å²) in [7, 11) is 0. The molecule has 5 heteroatoms. The maximum Gasteiger partial charge on any atom is 0.274 e. The second-order valence-corrected chi connectivity index (χ2v) is 4.59. The van der Waals surface area contributed by atoms with Crippen LogP contribution in [-0.4, -0.2) is 9.91 Å². The molecule has 0 radical (unpaired) electrons. The smallest absolute Gasteiger partial charge is 0.274 e. The zero-order valence-electron chi connectivity index (χ0n) is 9.53. The van der Waals surface area contributed by atoms with Crippen molar-refractivity contribution in [2.75, 3.05) is 0 Å². The Labute approximate surface area is 107 Å². The highest BCUT2D eigenvalue weighted by Crippen LogP contribution is 2.37. The SMILES string of the molecule is Cc1c([N+](=O)[O-])cc(Cl)c2[nH]c3ccccc3c12. The Balaban J connectivity index is 2.58. The van der Waals surface area contributed by atoms with Crippen LogP contribution in [0.1, 0.15) is 5.56 Å². The van der Waals surface area contributed by atoms with Crippen LogP contribution in [0.5, 0.6) is 0 Å². The molecule has 3 aromatic rings. The normalized spacial score (nSPS) is 11.2. The minimum absolute atomic E-state index is 0.0530. The number of rotatable bonds is 1. The standard InChI is InChI=1S/C13H9ClN2O2/c1-7-11(16(17)18)6-9(14)13-12(7)8-4-2-3-5-10(8)15-13/h2-6,15H,1H3. The molecule has 4 nitrogen and oxygen atoms in total. The van der Waals surface area contributed by atoms with E-state index in [0.717, 1.165) is 21.8 Å². The monoisotopic (exact) mass is 260 g/mol. The summed E-state index contributed by atoms with van der Waals surface area (Å²) < 4.78 is 0. The molecule has 0 amide bonds. The van der Waals surface area contributed by atoms with Gasteiger partial charge in [0, 0.05) is 27.9 Å². The topological polar surface area (TPSA) is 58.9 Å². The number of nitrogens with one attached hydrogen (secondary N) is 1. The number of H-pyrrole nitrogens is 1. The van der Waals surface area contributed by atoms with Gasteiger partial charge in [0.1, 0.15) is 0 Å². The molecule has 0 saturated heterocycles. The highest BCUT2D eigenvalue weighted by atomic mass is 35.5. The molecule has 0 aliphatic carbocycles. The van der Waals surface area contributed by atoms with Gasteiger partial charge in [-0.05, 0) is 13.0 Å². The number of aromatic nitrogens is 1. The Hall–Kier alpha value is -2.07. The molecule has 2 aromatic carbocycles. The van der Waals surface area contributed by atoms with Gasteiger partial charge in [0.2, 0.25) is 0 Å². The predicted molar refractivity (Wildman–Crippen MR) is 72.2 cm³/mol. The maximum absolute atomic E-state index is 11.0. The van der Waals surface area contributed by atoms with Gasteiger partial charge in [0.25, 0.3) is 5.69 Å². The fourth-order valence-electron chi connectivity index (χ4n) is 2.33. The lowest BCUT2D eigenvalue weighted by atomic mass is 10.1. The van der Waals surface area contributed by atoms with Crippen LogP contribution in [-0.2, 0) is 0 Å². The Bertz CT molecular complexity index is 792. The summed E-state index contributed by atoms with van der Waals surface area (Å²) in [4.78, 5) is 13.8. The van der Waals surface area contributed by atoms with Gasteiger partial charge < -0.3 is 4.98 Å². The van der Waals surface area contributed by atoms with Gasteiger partial charge in [-0.3, -0.25) is 10.1 Å². The van der Waals surface area contributed by atoms with Crippen molar-refractivity contribution >= 4 is 39.1 Å². The number of hydrogen-bond donors (Lipinski definition) is 1. The molecular weight excluding hydrogens is 252 g/mol. The number of nitro benzene ring substituents is 1. The summed E-state index contributed by atoms with van der Waals surface area (Å²) in [6.07, 6.45) is 0. The molecule has 0 fully saturated rings. The van der Waals surface area contributed by atoms with Crippen molar-refractivity contribution in [3.63, 3.8) is 0 Å². The number of halogens is 1. The van der Waals surface area contributed by atoms with Crippen molar-refractivity contribution in [3.05, 3.63) is 51.0 Å². The first-order valence-electron chi connectivity index (χ1n) is 5.43. The first kappa shape index (κ1) is 11.0. The maximum atomic E-state index is 11.0. The Kier molecular flexibility index (Phi) is 2.28. The average molecular weight is 261 g/mol. The molecule has 0 unspecified atom stereocenters.